The second-order valence-corrected chi connectivity index (χ2v) is 11.4. The Balaban J connectivity index is 1.61. The molecule has 0 radical (unpaired) electrons. The fourth-order valence-electron chi connectivity index (χ4n) is 3.11. The van der Waals surface area contributed by atoms with Crippen LogP contribution in [0.25, 0.3) is 0 Å². The molecule has 0 unspecified atom stereocenters. The Labute approximate surface area is 199 Å². The number of halogens is 1. The Morgan fingerprint density at radius 1 is 1.27 bits per heavy atom. The Morgan fingerprint density at radius 3 is 2.70 bits per heavy atom. The molecule has 0 spiro atoms. The summed E-state index contributed by atoms with van der Waals surface area (Å²) in [6.45, 7) is 1.24. The highest BCUT2D eigenvalue weighted by Crippen LogP contribution is 2.24. The van der Waals surface area contributed by atoms with E-state index in [1.165, 1.54) is 29.7 Å². The fraction of sp³-hybridized carbons (Fsp3) is 0.421. The summed E-state index contributed by atoms with van der Waals surface area (Å²) in [7, 11) is -1.53. The number of likely N-dealkylation sites (N-methyl/N-ethyl adjacent to an activating group) is 1. The van der Waals surface area contributed by atoms with Gasteiger partial charge in [-0.25, -0.2) is 18.4 Å². The molecule has 2 aromatic heterocycles. The molecule has 1 aliphatic rings. The number of thiazole rings is 1. The molecule has 3 rings (SSSR count). The zero-order valence-corrected chi connectivity index (χ0v) is 20.3. The van der Waals surface area contributed by atoms with E-state index in [0.717, 1.165) is 29.8 Å². The number of nitrogens with zero attached hydrogens (tertiary/aromatic N) is 3. The number of hydrogen-bond donors (Lipinski definition) is 3. The molecule has 3 N–H and O–H groups in total. The van der Waals surface area contributed by atoms with Crippen molar-refractivity contribution in [1.82, 2.24) is 25.5 Å². The van der Waals surface area contributed by atoms with E-state index in [4.69, 9.17) is 11.6 Å². The molecular weight excluding hydrogens is 492 g/mol. The van der Waals surface area contributed by atoms with Gasteiger partial charge in [-0.15, -0.1) is 11.3 Å². The topological polar surface area (TPSA) is 150 Å². The summed E-state index contributed by atoms with van der Waals surface area (Å²) in [6, 6.07) is 1.96. The number of nitrogens with one attached hydrogen (secondary N) is 3. The molecule has 178 valence electrons. The maximum atomic E-state index is 12.7. The largest absolute Gasteiger partial charge is 0.346 e. The first-order valence-electron chi connectivity index (χ1n) is 9.86. The monoisotopic (exact) mass is 514 g/mol. The van der Waals surface area contributed by atoms with Crippen LogP contribution in [0.1, 0.15) is 20.4 Å². The molecule has 3 heterocycles. The third kappa shape index (κ3) is 7.45. The van der Waals surface area contributed by atoms with Crippen molar-refractivity contribution in [1.29, 1.82) is 0 Å². The summed E-state index contributed by atoms with van der Waals surface area (Å²) in [4.78, 5) is 48.3. The average molecular weight is 515 g/mol. The SMILES string of the molecule is CN1CCc2sc(C(=O)N[C@@H](CNC(=O)C(=O)Nc3ccc(Cl)cn3)CS(C)(=O)=O)nc2C1. The minimum atomic E-state index is -3.49. The Morgan fingerprint density at radius 2 is 2.03 bits per heavy atom. The first-order chi connectivity index (χ1) is 15.5. The predicted octanol–water partition coefficient (Wildman–Crippen LogP) is 0.0773. The van der Waals surface area contributed by atoms with Crippen molar-refractivity contribution in [2.45, 2.75) is 19.0 Å². The highest BCUT2D eigenvalue weighted by Gasteiger charge is 2.25. The fourth-order valence-corrected chi connectivity index (χ4v) is 5.12. The number of rotatable bonds is 7. The van der Waals surface area contributed by atoms with Gasteiger partial charge in [0.1, 0.15) is 15.7 Å². The normalized spacial score (nSPS) is 14.8. The van der Waals surface area contributed by atoms with Gasteiger partial charge >= 0.3 is 11.8 Å². The molecule has 1 atom stereocenters. The maximum Gasteiger partial charge on any atom is 0.314 e. The molecule has 0 aromatic carbocycles. The van der Waals surface area contributed by atoms with Crippen LogP contribution in [-0.4, -0.2) is 79.2 Å². The molecule has 11 nitrogen and oxygen atoms in total. The zero-order valence-electron chi connectivity index (χ0n) is 17.9. The molecule has 14 heteroatoms. The second kappa shape index (κ2) is 10.5. The standard InChI is InChI=1S/C19H23ClN6O5S2/c1-26-6-5-14-13(9-26)24-19(32-14)18(29)23-12(10-33(2,30)31)8-22-16(27)17(28)25-15-4-3-11(20)7-21-15/h3-4,7,12H,5-6,8-10H2,1-2H3,(H,22,27)(H,23,29)(H,21,25,28)/t12-/m0/s1. The highest BCUT2D eigenvalue weighted by molar-refractivity contribution is 7.90. The maximum absolute atomic E-state index is 12.7. The van der Waals surface area contributed by atoms with Crippen molar-refractivity contribution in [3.05, 3.63) is 38.9 Å². The molecule has 3 amide bonds. The number of hydrogen-bond acceptors (Lipinski definition) is 9. The van der Waals surface area contributed by atoms with Crippen molar-refractivity contribution >= 4 is 56.3 Å². The van der Waals surface area contributed by atoms with E-state index < -0.39 is 39.4 Å². The molecular formula is C19H23ClN6O5S2. The van der Waals surface area contributed by atoms with Crippen molar-refractivity contribution in [3.8, 4) is 0 Å². The molecule has 1 aliphatic heterocycles. The zero-order chi connectivity index (χ0) is 24.2. The van der Waals surface area contributed by atoms with Gasteiger partial charge in [0.15, 0.2) is 5.01 Å². The number of sulfone groups is 1. The van der Waals surface area contributed by atoms with Gasteiger partial charge in [-0.1, -0.05) is 11.6 Å². The number of fused-ring (bicyclic) bond motifs is 1. The van der Waals surface area contributed by atoms with Crippen molar-refractivity contribution < 1.29 is 22.8 Å². The van der Waals surface area contributed by atoms with E-state index in [-0.39, 0.29) is 17.4 Å². The Bertz CT molecular complexity index is 1150. The van der Waals surface area contributed by atoms with Crippen LogP contribution in [0.15, 0.2) is 18.3 Å². The first kappa shape index (κ1) is 25.0. The molecule has 2 aromatic rings. The van der Waals surface area contributed by atoms with Gasteiger partial charge in [-0.3, -0.25) is 14.4 Å². The number of carbonyl (C=O) groups is 3. The Kier molecular flexibility index (Phi) is 8.00. The van der Waals surface area contributed by atoms with Crippen LogP contribution in [0.4, 0.5) is 5.82 Å². The lowest BCUT2D eigenvalue weighted by atomic mass is 10.2. The van der Waals surface area contributed by atoms with Crippen LogP contribution in [0, 0.1) is 0 Å². The van der Waals surface area contributed by atoms with Crippen molar-refractivity contribution in [2.24, 2.45) is 0 Å². The molecule has 33 heavy (non-hydrogen) atoms. The van der Waals surface area contributed by atoms with Gasteiger partial charge in [-0.2, -0.15) is 0 Å². The highest BCUT2D eigenvalue weighted by atomic mass is 35.5. The minimum absolute atomic E-state index is 0.124. The van der Waals surface area contributed by atoms with E-state index >= 15 is 0 Å². The smallest absolute Gasteiger partial charge is 0.314 e. The lowest BCUT2D eigenvalue weighted by molar-refractivity contribution is -0.136. The lowest BCUT2D eigenvalue weighted by Crippen LogP contribution is -2.49. The van der Waals surface area contributed by atoms with Crippen LogP contribution < -0.4 is 16.0 Å². The minimum Gasteiger partial charge on any atom is -0.346 e. The van der Waals surface area contributed by atoms with Crippen molar-refractivity contribution in [3.63, 3.8) is 0 Å². The van der Waals surface area contributed by atoms with Crippen LogP contribution in [0.3, 0.4) is 0 Å². The first-order valence-corrected chi connectivity index (χ1v) is 13.1. The molecule has 0 fully saturated rings. The summed E-state index contributed by atoms with van der Waals surface area (Å²) in [5.41, 5.74) is 0.833. The van der Waals surface area contributed by atoms with E-state index in [9.17, 15) is 22.8 Å². The van der Waals surface area contributed by atoms with E-state index in [2.05, 4.69) is 30.8 Å². The third-order valence-corrected chi connectivity index (χ3v) is 7.02. The van der Waals surface area contributed by atoms with Crippen molar-refractivity contribution in [2.75, 3.05) is 37.5 Å². The number of amides is 3. The van der Waals surface area contributed by atoms with E-state index in [1.807, 2.05) is 7.05 Å². The summed E-state index contributed by atoms with van der Waals surface area (Å²) in [5, 5.41) is 7.84. The van der Waals surface area contributed by atoms with Gasteiger partial charge in [0.2, 0.25) is 0 Å². The number of carbonyl (C=O) groups excluding carboxylic acids is 3. The summed E-state index contributed by atoms with van der Waals surface area (Å²) >= 11 is 7.00. The van der Waals surface area contributed by atoms with Crippen LogP contribution in [-0.2, 0) is 32.4 Å². The van der Waals surface area contributed by atoms with Gasteiger partial charge in [0.05, 0.1) is 22.5 Å². The summed E-state index contributed by atoms with van der Waals surface area (Å²) < 4.78 is 23.6. The third-order valence-electron chi connectivity index (χ3n) is 4.64. The molecule has 0 saturated carbocycles. The summed E-state index contributed by atoms with van der Waals surface area (Å²) in [6.07, 6.45) is 3.11. The van der Waals surface area contributed by atoms with Gasteiger partial charge in [-0.05, 0) is 25.6 Å². The van der Waals surface area contributed by atoms with Gasteiger partial charge < -0.3 is 20.9 Å². The van der Waals surface area contributed by atoms with Crippen LogP contribution >= 0.6 is 22.9 Å². The van der Waals surface area contributed by atoms with Crippen LogP contribution in [0.5, 0.6) is 0 Å². The van der Waals surface area contributed by atoms with E-state index in [0.29, 0.717) is 11.6 Å². The number of pyridine rings is 1. The van der Waals surface area contributed by atoms with E-state index in [1.54, 1.807) is 0 Å². The van der Waals surface area contributed by atoms with Gasteiger partial charge in [0, 0.05) is 37.0 Å². The van der Waals surface area contributed by atoms with Gasteiger partial charge in [0.25, 0.3) is 5.91 Å². The molecule has 0 bridgehead atoms. The van der Waals surface area contributed by atoms with Crippen LogP contribution in [0.2, 0.25) is 5.02 Å². The second-order valence-electron chi connectivity index (χ2n) is 7.67. The summed E-state index contributed by atoms with van der Waals surface area (Å²) in [5.74, 6) is -2.83. The average Bonchev–Trinajstić information content (AvgIpc) is 3.15. The number of anilines is 1. The Hall–Kier alpha value is -2.61. The quantitative estimate of drug-likeness (QED) is 0.439. The number of aromatic nitrogens is 2. The molecule has 0 saturated heterocycles. The molecule has 0 aliphatic carbocycles. The lowest BCUT2D eigenvalue weighted by Gasteiger charge is -2.20. The predicted molar refractivity (Wildman–Crippen MR) is 124 cm³/mol.